The summed E-state index contributed by atoms with van der Waals surface area (Å²) >= 11 is 0. The summed E-state index contributed by atoms with van der Waals surface area (Å²) in [6.45, 7) is 1.46. The molecule has 1 radical (unpaired) electrons. The van der Waals surface area contributed by atoms with E-state index in [0.29, 0.717) is 12.6 Å². The second kappa shape index (κ2) is 5.75. The van der Waals surface area contributed by atoms with Crippen molar-refractivity contribution in [2.24, 2.45) is 0 Å². The van der Waals surface area contributed by atoms with Crippen molar-refractivity contribution < 1.29 is 14.3 Å². The minimum absolute atomic E-state index is 0.254. The molecular formula is C10H16NO3. The minimum Gasteiger partial charge on any atom is -0.464 e. The third-order valence-electron chi connectivity index (χ3n) is 2.57. The van der Waals surface area contributed by atoms with Crippen molar-refractivity contribution in [1.82, 2.24) is 4.90 Å². The summed E-state index contributed by atoms with van der Waals surface area (Å²) in [6.07, 6.45) is 4.74. The lowest BCUT2D eigenvalue weighted by Crippen LogP contribution is -2.39. The van der Waals surface area contributed by atoms with Crippen molar-refractivity contribution in [3.05, 3.63) is 0 Å². The van der Waals surface area contributed by atoms with Gasteiger partial charge in [-0.1, -0.05) is 6.42 Å². The Morgan fingerprint density at radius 2 is 2.36 bits per heavy atom. The van der Waals surface area contributed by atoms with Gasteiger partial charge in [0.25, 0.3) is 0 Å². The summed E-state index contributed by atoms with van der Waals surface area (Å²) in [6, 6.07) is 0.319. The molecule has 0 bridgehead atoms. The predicted octanol–water partition coefficient (Wildman–Crippen LogP) is 0.514. The molecule has 1 heterocycles. The molecule has 0 amide bonds. The Morgan fingerprint density at radius 1 is 1.57 bits per heavy atom. The monoisotopic (exact) mass is 198 g/mol. The van der Waals surface area contributed by atoms with Crippen LogP contribution in [0.2, 0.25) is 0 Å². The van der Waals surface area contributed by atoms with Crippen LogP contribution < -0.4 is 0 Å². The van der Waals surface area contributed by atoms with Gasteiger partial charge in [0, 0.05) is 6.04 Å². The van der Waals surface area contributed by atoms with Crippen LogP contribution in [0.25, 0.3) is 0 Å². The number of carbonyl (C=O) groups excluding carboxylic acids is 2. The number of hydrogen-bond donors (Lipinski definition) is 0. The second-order valence-electron chi connectivity index (χ2n) is 3.63. The van der Waals surface area contributed by atoms with E-state index in [9.17, 15) is 9.59 Å². The molecule has 4 heteroatoms. The van der Waals surface area contributed by atoms with E-state index in [1.807, 2.05) is 7.05 Å². The molecule has 4 nitrogen and oxygen atoms in total. The lowest BCUT2D eigenvalue weighted by molar-refractivity contribution is -0.144. The molecule has 1 rings (SSSR count). The number of rotatable bonds is 4. The molecule has 0 aromatic carbocycles. The second-order valence-corrected chi connectivity index (χ2v) is 3.63. The molecule has 0 saturated carbocycles. The van der Waals surface area contributed by atoms with Gasteiger partial charge in [0.15, 0.2) is 0 Å². The largest absolute Gasteiger partial charge is 0.464 e. The van der Waals surface area contributed by atoms with Crippen LogP contribution >= 0.6 is 0 Å². The fraction of sp³-hybridized carbons (Fsp3) is 0.800. The first-order valence-corrected chi connectivity index (χ1v) is 4.95. The quantitative estimate of drug-likeness (QED) is 0.488. The highest BCUT2D eigenvalue weighted by Crippen LogP contribution is 2.14. The van der Waals surface area contributed by atoms with Gasteiger partial charge in [-0.05, 0) is 26.4 Å². The summed E-state index contributed by atoms with van der Waals surface area (Å²) < 4.78 is 4.95. The molecule has 0 spiro atoms. The predicted molar refractivity (Wildman–Crippen MR) is 51.5 cm³/mol. The number of hydrogen-bond acceptors (Lipinski definition) is 4. The lowest BCUT2D eigenvalue weighted by Gasteiger charge is -2.31. The summed E-state index contributed by atoms with van der Waals surface area (Å²) in [4.78, 5) is 23.0. The lowest BCUT2D eigenvalue weighted by atomic mass is 10.0. The maximum Gasteiger partial charge on any atom is 0.313 e. The Kier molecular flexibility index (Phi) is 4.59. The Balaban J connectivity index is 2.22. The van der Waals surface area contributed by atoms with E-state index in [2.05, 4.69) is 4.90 Å². The van der Waals surface area contributed by atoms with Crippen LogP contribution in [0.4, 0.5) is 0 Å². The van der Waals surface area contributed by atoms with Gasteiger partial charge in [0.05, 0.1) is 0 Å². The summed E-state index contributed by atoms with van der Waals surface area (Å²) in [5.41, 5.74) is 0. The SMILES string of the molecule is CN1CCCCC1COC(=O)C[C]=O. The van der Waals surface area contributed by atoms with Gasteiger partial charge in [-0.25, -0.2) is 0 Å². The Hall–Kier alpha value is -0.900. The average Bonchev–Trinajstić information content (AvgIpc) is 2.17. The number of carbonyl (C=O) groups is 1. The topological polar surface area (TPSA) is 46.6 Å². The third kappa shape index (κ3) is 3.46. The van der Waals surface area contributed by atoms with E-state index >= 15 is 0 Å². The van der Waals surface area contributed by atoms with Crippen LogP contribution in [-0.2, 0) is 14.3 Å². The van der Waals surface area contributed by atoms with E-state index in [1.54, 1.807) is 0 Å². The highest BCUT2D eigenvalue weighted by Gasteiger charge is 2.20. The molecular weight excluding hydrogens is 182 g/mol. The average molecular weight is 198 g/mol. The zero-order valence-electron chi connectivity index (χ0n) is 8.49. The summed E-state index contributed by atoms with van der Waals surface area (Å²) in [5, 5.41) is 0. The highest BCUT2D eigenvalue weighted by molar-refractivity contribution is 5.83. The fourth-order valence-corrected chi connectivity index (χ4v) is 1.65. The fourth-order valence-electron chi connectivity index (χ4n) is 1.65. The zero-order valence-corrected chi connectivity index (χ0v) is 8.49. The molecule has 1 saturated heterocycles. The van der Waals surface area contributed by atoms with Gasteiger partial charge in [0.1, 0.15) is 13.0 Å². The van der Waals surface area contributed by atoms with Crippen molar-refractivity contribution in [2.45, 2.75) is 31.7 Å². The van der Waals surface area contributed by atoms with Crippen molar-refractivity contribution in [3.8, 4) is 0 Å². The first kappa shape index (κ1) is 11.2. The van der Waals surface area contributed by atoms with Crippen LogP contribution in [-0.4, -0.2) is 43.4 Å². The van der Waals surface area contributed by atoms with Crippen LogP contribution in [0.15, 0.2) is 0 Å². The van der Waals surface area contributed by atoms with E-state index in [1.165, 1.54) is 19.1 Å². The number of likely N-dealkylation sites (N-methyl/N-ethyl adjacent to an activating group) is 1. The Labute approximate surface area is 84.2 Å². The molecule has 0 aromatic rings. The molecule has 1 aliphatic rings. The van der Waals surface area contributed by atoms with Gasteiger partial charge < -0.3 is 9.64 Å². The van der Waals surface area contributed by atoms with Crippen LogP contribution in [0.1, 0.15) is 25.7 Å². The normalized spacial score (nSPS) is 23.1. The van der Waals surface area contributed by atoms with Crippen molar-refractivity contribution >= 4 is 12.3 Å². The first-order valence-electron chi connectivity index (χ1n) is 4.95. The van der Waals surface area contributed by atoms with E-state index < -0.39 is 5.97 Å². The smallest absolute Gasteiger partial charge is 0.313 e. The van der Waals surface area contributed by atoms with Crippen molar-refractivity contribution in [1.29, 1.82) is 0 Å². The van der Waals surface area contributed by atoms with E-state index in [-0.39, 0.29) is 6.42 Å². The Bertz CT molecular complexity index is 206. The third-order valence-corrected chi connectivity index (χ3v) is 2.57. The first-order chi connectivity index (χ1) is 6.74. The van der Waals surface area contributed by atoms with Gasteiger partial charge >= 0.3 is 5.97 Å². The number of nitrogens with zero attached hydrogens (tertiary/aromatic N) is 1. The van der Waals surface area contributed by atoms with Crippen LogP contribution in [0.5, 0.6) is 0 Å². The molecule has 1 aliphatic heterocycles. The number of esters is 1. The number of likely N-dealkylation sites (tertiary alicyclic amines) is 1. The molecule has 0 aliphatic carbocycles. The van der Waals surface area contributed by atoms with Gasteiger partial charge in [-0.3, -0.25) is 9.59 Å². The molecule has 1 unspecified atom stereocenters. The number of ether oxygens (including phenoxy) is 1. The van der Waals surface area contributed by atoms with Gasteiger partial charge in [-0.15, -0.1) is 0 Å². The molecule has 0 aromatic heterocycles. The van der Waals surface area contributed by atoms with Gasteiger partial charge in [-0.2, -0.15) is 0 Å². The summed E-state index contributed by atoms with van der Waals surface area (Å²) in [7, 11) is 2.03. The Morgan fingerprint density at radius 3 is 3.00 bits per heavy atom. The van der Waals surface area contributed by atoms with Crippen molar-refractivity contribution in [3.63, 3.8) is 0 Å². The standard InChI is InChI=1S/C10H16NO3/c1-11-6-3-2-4-9(11)8-14-10(13)5-7-12/h9H,2-6,8H2,1H3. The maximum atomic E-state index is 10.9. The zero-order chi connectivity index (χ0) is 10.4. The molecule has 1 atom stereocenters. The summed E-state index contributed by atoms with van der Waals surface area (Å²) in [5.74, 6) is -0.473. The van der Waals surface area contributed by atoms with E-state index in [4.69, 9.17) is 4.74 Å². The highest BCUT2D eigenvalue weighted by atomic mass is 16.5. The van der Waals surface area contributed by atoms with E-state index in [0.717, 1.165) is 13.0 Å². The molecule has 14 heavy (non-hydrogen) atoms. The molecule has 0 N–H and O–H groups in total. The van der Waals surface area contributed by atoms with Crippen molar-refractivity contribution in [2.75, 3.05) is 20.2 Å². The minimum atomic E-state index is -0.473. The van der Waals surface area contributed by atoms with Crippen LogP contribution in [0, 0.1) is 0 Å². The molecule has 1 fully saturated rings. The molecule has 79 valence electrons. The number of piperidine rings is 1. The van der Waals surface area contributed by atoms with Crippen LogP contribution in [0.3, 0.4) is 0 Å². The maximum absolute atomic E-state index is 10.9. The van der Waals surface area contributed by atoms with Gasteiger partial charge in [0.2, 0.25) is 6.29 Å².